The lowest BCUT2D eigenvalue weighted by molar-refractivity contribution is -0.120. The maximum atomic E-state index is 12.7. The number of carbonyl (C=O) groups excluding carboxylic acids is 1. The van der Waals surface area contributed by atoms with E-state index in [9.17, 15) is 13.2 Å². The summed E-state index contributed by atoms with van der Waals surface area (Å²) in [5.41, 5.74) is 2.38. The van der Waals surface area contributed by atoms with Gasteiger partial charge in [0.2, 0.25) is 15.9 Å². The third-order valence-corrected chi connectivity index (χ3v) is 8.35. The van der Waals surface area contributed by atoms with Crippen LogP contribution in [0.3, 0.4) is 0 Å². The monoisotopic (exact) mass is 420 g/mol. The molecular weight excluding hydrogens is 392 g/mol. The van der Waals surface area contributed by atoms with Gasteiger partial charge in [-0.2, -0.15) is 0 Å². The quantitative estimate of drug-likeness (QED) is 0.719. The summed E-state index contributed by atoms with van der Waals surface area (Å²) in [5, 5.41) is 5.02. The average Bonchev–Trinajstić information content (AvgIpc) is 3.29. The van der Waals surface area contributed by atoms with Crippen LogP contribution >= 0.6 is 11.3 Å². The molecule has 1 aliphatic carbocycles. The lowest BCUT2D eigenvalue weighted by Crippen LogP contribution is -2.43. The van der Waals surface area contributed by atoms with Gasteiger partial charge in [-0.05, 0) is 56.2 Å². The maximum Gasteiger partial charge on any atom is 0.241 e. The van der Waals surface area contributed by atoms with Gasteiger partial charge in [-0.3, -0.25) is 4.79 Å². The molecule has 0 unspecified atom stereocenters. The summed E-state index contributed by atoms with van der Waals surface area (Å²) in [7, 11) is -3.74. The number of rotatable bonds is 7. The number of aryl methyl sites for hydroxylation is 3. The van der Waals surface area contributed by atoms with E-state index in [0.29, 0.717) is 17.7 Å². The zero-order valence-corrected chi connectivity index (χ0v) is 18.3. The van der Waals surface area contributed by atoms with Crippen LogP contribution in [-0.4, -0.2) is 27.4 Å². The summed E-state index contributed by atoms with van der Waals surface area (Å²) in [6, 6.07) is 7.86. The normalized spacial score (nSPS) is 16.2. The molecule has 1 amide bonds. The van der Waals surface area contributed by atoms with Crippen molar-refractivity contribution in [2.45, 2.75) is 56.8 Å². The molecule has 1 aromatic carbocycles. The molecule has 0 saturated heterocycles. The van der Waals surface area contributed by atoms with E-state index in [0.717, 1.165) is 31.2 Å². The molecule has 0 spiro atoms. The highest BCUT2D eigenvalue weighted by molar-refractivity contribution is 7.89. The van der Waals surface area contributed by atoms with Crippen LogP contribution in [0.4, 0.5) is 0 Å². The van der Waals surface area contributed by atoms with Crippen LogP contribution in [0.1, 0.15) is 47.3 Å². The molecule has 1 fully saturated rings. The van der Waals surface area contributed by atoms with Crippen LogP contribution in [0.15, 0.2) is 34.5 Å². The van der Waals surface area contributed by atoms with Crippen molar-refractivity contribution in [2.24, 2.45) is 0 Å². The van der Waals surface area contributed by atoms with Gasteiger partial charge in [0.15, 0.2) is 0 Å². The Labute approximate surface area is 171 Å². The standard InChI is InChI=1S/C21H28N2O3S2/c1-15-11-16(2)20(17(3)12-15)28(25,26)23-13-19(24)22-14-21(8-4-5-9-21)18-7-6-10-27-18/h6-7,10-12,23H,4-5,8-9,13-14H2,1-3H3,(H,22,24). The van der Waals surface area contributed by atoms with Crippen molar-refractivity contribution in [3.8, 4) is 0 Å². The fraction of sp³-hybridized carbons (Fsp3) is 0.476. The molecule has 28 heavy (non-hydrogen) atoms. The summed E-state index contributed by atoms with van der Waals surface area (Å²) in [6.45, 7) is 5.79. The third-order valence-electron chi connectivity index (χ3n) is 5.52. The summed E-state index contributed by atoms with van der Waals surface area (Å²) in [4.78, 5) is 13.9. The first-order valence-electron chi connectivity index (χ1n) is 9.62. The lowest BCUT2D eigenvalue weighted by Gasteiger charge is -2.28. The molecule has 2 aromatic rings. The Bertz CT molecular complexity index is 921. The summed E-state index contributed by atoms with van der Waals surface area (Å²) < 4.78 is 27.9. The topological polar surface area (TPSA) is 75.3 Å². The van der Waals surface area contributed by atoms with Crippen molar-refractivity contribution in [1.82, 2.24) is 10.0 Å². The number of carbonyl (C=O) groups is 1. The van der Waals surface area contributed by atoms with E-state index in [-0.39, 0.29) is 22.8 Å². The Kier molecular flexibility index (Phi) is 6.27. The van der Waals surface area contributed by atoms with Gasteiger partial charge in [0.1, 0.15) is 0 Å². The van der Waals surface area contributed by atoms with Crippen LogP contribution in [0.5, 0.6) is 0 Å². The van der Waals surface area contributed by atoms with Gasteiger partial charge in [-0.15, -0.1) is 11.3 Å². The van der Waals surface area contributed by atoms with Gasteiger partial charge in [0.25, 0.3) is 0 Å². The van der Waals surface area contributed by atoms with Crippen LogP contribution < -0.4 is 10.0 Å². The van der Waals surface area contributed by atoms with Crippen LogP contribution in [0, 0.1) is 20.8 Å². The van der Waals surface area contributed by atoms with Crippen molar-refractivity contribution in [3.63, 3.8) is 0 Å². The van der Waals surface area contributed by atoms with Crippen LogP contribution in [0.25, 0.3) is 0 Å². The maximum absolute atomic E-state index is 12.7. The molecule has 1 aliphatic rings. The molecule has 152 valence electrons. The van der Waals surface area contributed by atoms with Crippen molar-refractivity contribution in [3.05, 3.63) is 51.2 Å². The second kappa shape index (κ2) is 8.35. The van der Waals surface area contributed by atoms with Gasteiger partial charge in [-0.1, -0.05) is 36.6 Å². The number of hydrogen-bond donors (Lipinski definition) is 2. The minimum atomic E-state index is -3.74. The Morgan fingerprint density at radius 1 is 1.14 bits per heavy atom. The predicted molar refractivity (Wildman–Crippen MR) is 113 cm³/mol. The van der Waals surface area contributed by atoms with Crippen molar-refractivity contribution in [2.75, 3.05) is 13.1 Å². The molecule has 1 saturated carbocycles. The average molecular weight is 421 g/mol. The molecule has 0 atom stereocenters. The second-order valence-corrected chi connectivity index (χ2v) is 10.4. The highest BCUT2D eigenvalue weighted by Gasteiger charge is 2.36. The summed E-state index contributed by atoms with van der Waals surface area (Å²) in [5.74, 6) is -0.297. The molecule has 3 rings (SSSR count). The minimum absolute atomic E-state index is 0.00711. The molecule has 0 bridgehead atoms. The molecule has 0 aliphatic heterocycles. The van der Waals surface area contributed by atoms with Gasteiger partial charge in [0, 0.05) is 16.8 Å². The number of nitrogens with one attached hydrogen (secondary N) is 2. The predicted octanol–water partition coefficient (Wildman–Crippen LogP) is 3.58. The zero-order chi connectivity index (χ0) is 20.4. The van der Waals surface area contributed by atoms with E-state index in [4.69, 9.17) is 0 Å². The third kappa shape index (κ3) is 4.47. The smallest absolute Gasteiger partial charge is 0.241 e. The Balaban J connectivity index is 1.63. The zero-order valence-electron chi connectivity index (χ0n) is 16.7. The Morgan fingerprint density at radius 3 is 2.36 bits per heavy atom. The molecule has 2 N–H and O–H groups in total. The Hall–Kier alpha value is -1.70. The molecule has 1 aromatic heterocycles. The van der Waals surface area contributed by atoms with Gasteiger partial charge < -0.3 is 5.32 Å². The molecule has 1 heterocycles. The van der Waals surface area contributed by atoms with E-state index >= 15 is 0 Å². The summed E-state index contributed by atoms with van der Waals surface area (Å²) in [6.07, 6.45) is 4.43. The van der Waals surface area contributed by atoms with E-state index in [2.05, 4.69) is 21.5 Å². The fourth-order valence-corrected chi connectivity index (χ4v) is 6.71. The highest BCUT2D eigenvalue weighted by atomic mass is 32.2. The minimum Gasteiger partial charge on any atom is -0.354 e. The number of thiophene rings is 1. The molecule has 0 radical (unpaired) electrons. The second-order valence-electron chi connectivity index (χ2n) is 7.79. The first kappa shape index (κ1) is 21.0. The Morgan fingerprint density at radius 2 is 1.79 bits per heavy atom. The van der Waals surface area contributed by atoms with Crippen LogP contribution in [-0.2, 0) is 20.2 Å². The van der Waals surface area contributed by atoms with Crippen molar-refractivity contribution < 1.29 is 13.2 Å². The highest BCUT2D eigenvalue weighted by Crippen LogP contribution is 2.42. The fourth-order valence-electron chi connectivity index (χ4n) is 4.30. The van der Waals surface area contributed by atoms with E-state index in [1.54, 1.807) is 25.2 Å². The molecular formula is C21H28N2O3S2. The van der Waals surface area contributed by atoms with Crippen molar-refractivity contribution >= 4 is 27.3 Å². The SMILES string of the molecule is Cc1cc(C)c(S(=O)(=O)NCC(=O)NCC2(c3cccs3)CCCC2)c(C)c1. The summed E-state index contributed by atoms with van der Waals surface area (Å²) >= 11 is 1.73. The van der Waals surface area contributed by atoms with E-state index in [1.165, 1.54) is 4.88 Å². The largest absolute Gasteiger partial charge is 0.354 e. The van der Waals surface area contributed by atoms with E-state index in [1.807, 2.05) is 25.1 Å². The number of amides is 1. The number of hydrogen-bond acceptors (Lipinski definition) is 4. The van der Waals surface area contributed by atoms with E-state index < -0.39 is 10.0 Å². The van der Waals surface area contributed by atoms with Crippen LogP contribution in [0.2, 0.25) is 0 Å². The first-order chi connectivity index (χ1) is 13.2. The lowest BCUT2D eigenvalue weighted by atomic mass is 9.84. The molecule has 5 nitrogen and oxygen atoms in total. The van der Waals surface area contributed by atoms with Gasteiger partial charge in [-0.25, -0.2) is 13.1 Å². The number of benzene rings is 1. The molecule has 7 heteroatoms. The van der Waals surface area contributed by atoms with Crippen molar-refractivity contribution in [1.29, 1.82) is 0 Å². The van der Waals surface area contributed by atoms with Gasteiger partial charge >= 0.3 is 0 Å². The first-order valence-corrected chi connectivity index (χ1v) is 12.0. The number of sulfonamides is 1. The van der Waals surface area contributed by atoms with Gasteiger partial charge in [0.05, 0.1) is 11.4 Å².